The van der Waals surface area contributed by atoms with Crippen LogP contribution in [0.4, 0.5) is 0 Å². The van der Waals surface area contributed by atoms with Crippen molar-refractivity contribution < 1.29 is 9.47 Å². The van der Waals surface area contributed by atoms with Gasteiger partial charge < -0.3 is 15.2 Å². The Kier molecular flexibility index (Phi) is 7.43. The average molecular weight is 278 g/mol. The third kappa shape index (κ3) is 4.30. The highest BCUT2D eigenvalue weighted by Crippen LogP contribution is 2.34. The Bertz CT molecular complexity index is 359. The average Bonchev–Trinajstić information content (AvgIpc) is 2.27. The van der Waals surface area contributed by atoms with E-state index in [4.69, 9.17) is 15.2 Å². The van der Waals surface area contributed by atoms with Crippen molar-refractivity contribution in [2.45, 2.75) is 24.3 Å². The van der Waals surface area contributed by atoms with E-state index in [9.17, 15) is 0 Å². The van der Waals surface area contributed by atoms with E-state index in [1.54, 1.807) is 26.0 Å². The molecule has 0 aromatic heterocycles. The molecule has 1 rings (SSSR count). The molecular formula is C12H20ClNO2S. The Morgan fingerprint density at radius 2 is 1.76 bits per heavy atom. The van der Waals surface area contributed by atoms with Crippen LogP contribution in [0, 0.1) is 0 Å². The van der Waals surface area contributed by atoms with Crippen molar-refractivity contribution in [3.63, 3.8) is 0 Å². The molecule has 0 radical (unpaired) electrons. The summed E-state index contributed by atoms with van der Waals surface area (Å²) in [4.78, 5) is 1.19. The van der Waals surface area contributed by atoms with Crippen molar-refractivity contribution in [2.24, 2.45) is 5.73 Å². The molecule has 17 heavy (non-hydrogen) atoms. The molecule has 0 bridgehead atoms. The number of hydrogen-bond donors (Lipinski definition) is 1. The zero-order valence-corrected chi connectivity index (χ0v) is 12.3. The highest BCUT2D eigenvalue weighted by Gasteiger charge is 2.11. The number of thioether (sulfide) groups is 1. The fourth-order valence-electron chi connectivity index (χ4n) is 1.60. The molecule has 0 aliphatic carbocycles. The maximum atomic E-state index is 5.83. The van der Waals surface area contributed by atoms with E-state index < -0.39 is 0 Å². The van der Waals surface area contributed by atoms with Crippen LogP contribution in [0.25, 0.3) is 0 Å². The number of benzene rings is 1. The summed E-state index contributed by atoms with van der Waals surface area (Å²) < 4.78 is 10.6. The number of halogens is 1. The van der Waals surface area contributed by atoms with E-state index >= 15 is 0 Å². The molecule has 2 N–H and O–H groups in total. The van der Waals surface area contributed by atoms with Crippen LogP contribution in [0.5, 0.6) is 11.5 Å². The summed E-state index contributed by atoms with van der Waals surface area (Å²) in [5.41, 5.74) is 7.04. The molecule has 0 saturated carbocycles. The summed E-state index contributed by atoms with van der Waals surface area (Å²) >= 11 is 1.70. The van der Waals surface area contributed by atoms with Crippen LogP contribution in [0.15, 0.2) is 17.0 Å². The zero-order valence-electron chi connectivity index (χ0n) is 10.6. The second-order valence-electron chi connectivity index (χ2n) is 3.70. The molecule has 0 heterocycles. The van der Waals surface area contributed by atoms with Gasteiger partial charge in [-0.2, -0.15) is 0 Å². The Hall–Kier alpha value is -0.580. The first-order chi connectivity index (χ1) is 7.62. The summed E-state index contributed by atoms with van der Waals surface area (Å²) in [5.74, 6) is 1.52. The van der Waals surface area contributed by atoms with Gasteiger partial charge in [0.05, 0.1) is 14.2 Å². The molecule has 0 spiro atoms. The van der Waals surface area contributed by atoms with Gasteiger partial charge in [-0.1, -0.05) is 0 Å². The number of ether oxygens (including phenoxy) is 2. The summed E-state index contributed by atoms with van der Waals surface area (Å²) in [7, 11) is 3.29. The molecule has 5 heteroatoms. The van der Waals surface area contributed by atoms with Crippen LogP contribution in [0.3, 0.4) is 0 Å². The Balaban J connectivity index is 0.00000256. The van der Waals surface area contributed by atoms with Crippen molar-refractivity contribution in [3.05, 3.63) is 17.7 Å². The highest BCUT2D eigenvalue weighted by atomic mass is 35.5. The lowest BCUT2D eigenvalue weighted by atomic mass is 10.1. The van der Waals surface area contributed by atoms with Gasteiger partial charge >= 0.3 is 0 Å². The van der Waals surface area contributed by atoms with Crippen LogP contribution in [-0.2, 0) is 6.42 Å². The molecule has 98 valence electrons. The van der Waals surface area contributed by atoms with Crippen molar-refractivity contribution in [3.8, 4) is 11.5 Å². The molecule has 0 aliphatic heterocycles. The number of rotatable bonds is 5. The first-order valence-corrected chi connectivity index (χ1v) is 6.39. The number of methoxy groups -OCH3 is 2. The molecule has 0 amide bonds. The van der Waals surface area contributed by atoms with Crippen LogP contribution in [0.2, 0.25) is 0 Å². The van der Waals surface area contributed by atoms with E-state index in [0.29, 0.717) is 0 Å². The van der Waals surface area contributed by atoms with Crippen molar-refractivity contribution in [1.82, 2.24) is 0 Å². The Morgan fingerprint density at radius 3 is 2.18 bits per heavy atom. The normalized spacial score (nSPS) is 11.6. The molecule has 1 aromatic carbocycles. The van der Waals surface area contributed by atoms with Gasteiger partial charge in [-0.3, -0.25) is 0 Å². The largest absolute Gasteiger partial charge is 0.493 e. The summed E-state index contributed by atoms with van der Waals surface area (Å²) in [6.45, 7) is 2.00. The van der Waals surface area contributed by atoms with E-state index in [1.807, 2.05) is 25.3 Å². The van der Waals surface area contributed by atoms with Crippen molar-refractivity contribution in [2.75, 3.05) is 20.5 Å². The lowest BCUT2D eigenvalue weighted by Crippen LogP contribution is -2.18. The lowest BCUT2D eigenvalue weighted by molar-refractivity contribution is 0.353. The molecular weight excluding hydrogens is 258 g/mol. The fraction of sp³-hybridized carbons (Fsp3) is 0.500. The third-order valence-corrected chi connectivity index (χ3v) is 3.15. The smallest absolute Gasteiger partial charge is 0.161 e. The second-order valence-corrected chi connectivity index (χ2v) is 4.55. The molecule has 0 fully saturated rings. The summed E-state index contributed by atoms with van der Waals surface area (Å²) in [5, 5.41) is 0. The van der Waals surface area contributed by atoms with Crippen LogP contribution in [-0.4, -0.2) is 26.5 Å². The van der Waals surface area contributed by atoms with Crippen LogP contribution in [0.1, 0.15) is 12.5 Å². The molecule has 0 saturated heterocycles. The standard InChI is InChI=1S/C12H19NO2S.ClH/c1-8(13)5-9-6-10(14-2)11(15-3)7-12(9)16-4;/h6-8H,5,13H2,1-4H3;1H. The molecule has 3 nitrogen and oxygen atoms in total. The molecule has 0 aliphatic rings. The van der Waals surface area contributed by atoms with Gasteiger partial charge in [0.2, 0.25) is 0 Å². The van der Waals surface area contributed by atoms with Gasteiger partial charge in [0.1, 0.15) is 0 Å². The van der Waals surface area contributed by atoms with E-state index in [1.165, 1.54) is 10.5 Å². The SMILES string of the molecule is COc1cc(CC(C)N)c(SC)cc1OC.Cl. The van der Waals surface area contributed by atoms with Gasteiger partial charge in [0.15, 0.2) is 11.5 Å². The predicted octanol–water partition coefficient (Wildman–Crippen LogP) is 2.74. The Labute approximate surface area is 113 Å². The monoisotopic (exact) mass is 277 g/mol. The van der Waals surface area contributed by atoms with Crippen LogP contribution < -0.4 is 15.2 Å². The number of nitrogens with two attached hydrogens (primary N) is 1. The maximum absolute atomic E-state index is 5.83. The first kappa shape index (κ1) is 16.4. The van der Waals surface area contributed by atoms with Gasteiger partial charge in [0, 0.05) is 10.9 Å². The van der Waals surface area contributed by atoms with Gasteiger partial charge in [-0.25, -0.2) is 0 Å². The minimum atomic E-state index is 0. The quantitative estimate of drug-likeness (QED) is 0.841. The topological polar surface area (TPSA) is 44.5 Å². The van der Waals surface area contributed by atoms with E-state index in [-0.39, 0.29) is 18.4 Å². The molecule has 1 atom stereocenters. The lowest BCUT2D eigenvalue weighted by Gasteiger charge is -2.14. The maximum Gasteiger partial charge on any atom is 0.161 e. The fourth-order valence-corrected chi connectivity index (χ4v) is 2.23. The van der Waals surface area contributed by atoms with Gasteiger partial charge in [-0.05, 0) is 37.3 Å². The van der Waals surface area contributed by atoms with Gasteiger partial charge in [-0.15, -0.1) is 24.2 Å². The van der Waals surface area contributed by atoms with Gasteiger partial charge in [0.25, 0.3) is 0 Å². The Morgan fingerprint density at radius 1 is 1.24 bits per heavy atom. The third-order valence-electron chi connectivity index (χ3n) is 2.33. The minimum absolute atomic E-state index is 0. The van der Waals surface area contributed by atoms with Crippen molar-refractivity contribution in [1.29, 1.82) is 0 Å². The van der Waals surface area contributed by atoms with Crippen LogP contribution >= 0.6 is 24.2 Å². The highest BCUT2D eigenvalue weighted by molar-refractivity contribution is 7.98. The minimum Gasteiger partial charge on any atom is -0.493 e. The van der Waals surface area contributed by atoms with E-state index in [0.717, 1.165) is 17.9 Å². The van der Waals surface area contributed by atoms with Crippen molar-refractivity contribution >= 4 is 24.2 Å². The zero-order chi connectivity index (χ0) is 12.1. The summed E-state index contributed by atoms with van der Waals surface area (Å²) in [6, 6.07) is 4.15. The molecule has 1 aromatic rings. The summed E-state index contributed by atoms with van der Waals surface area (Å²) in [6.07, 6.45) is 2.89. The van der Waals surface area contributed by atoms with E-state index in [2.05, 4.69) is 0 Å². The second kappa shape index (κ2) is 7.69. The first-order valence-electron chi connectivity index (χ1n) is 5.16. The molecule has 1 unspecified atom stereocenters. The number of hydrogen-bond acceptors (Lipinski definition) is 4. The predicted molar refractivity (Wildman–Crippen MR) is 75.9 cm³/mol.